The molecule has 36 valence electrons. The maximum atomic E-state index is 10.5. The molecule has 0 spiro atoms. The lowest BCUT2D eigenvalue weighted by atomic mass is 10.5. The highest BCUT2D eigenvalue weighted by Gasteiger charge is 2.48. The van der Waals surface area contributed by atoms with Crippen LogP contribution in [0.3, 0.4) is 0 Å². The Morgan fingerprint density at radius 1 is 2.00 bits per heavy atom. The van der Waals surface area contributed by atoms with Crippen molar-refractivity contribution in [1.29, 1.82) is 0 Å². The van der Waals surface area contributed by atoms with Gasteiger partial charge in [-0.05, 0) is 0 Å². The summed E-state index contributed by atoms with van der Waals surface area (Å²) in [5, 5.41) is 0. The predicted molar refractivity (Wildman–Crippen MR) is 25.4 cm³/mol. The minimum Gasteiger partial charge on any atom is -0.474 e. The van der Waals surface area contributed by atoms with Gasteiger partial charge >= 0.3 is 7.80 Å². The largest absolute Gasteiger partial charge is 0.474 e. The Hall–Kier alpha value is -0.360. The molecule has 0 aliphatic carbocycles. The molecule has 1 saturated heterocycles. The van der Waals surface area contributed by atoms with Gasteiger partial charge in [0.1, 0.15) is 0 Å². The molecule has 2 atom stereocenters. The minimum atomic E-state index is -0.992. The second-order valence-electron chi connectivity index (χ2n) is 1.74. The van der Waals surface area contributed by atoms with E-state index in [0.717, 1.165) is 11.9 Å². The highest BCUT2D eigenvalue weighted by molar-refractivity contribution is 7.48. The van der Waals surface area contributed by atoms with Crippen LogP contribution in [0.15, 0.2) is 11.6 Å². The molecule has 1 fully saturated rings. The smallest absolute Gasteiger partial charge is 0.377 e. The van der Waals surface area contributed by atoms with Crippen LogP contribution in [-0.4, -0.2) is 12.3 Å². The molecule has 0 aromatic carbocycles. The van der Waals surface area contributed by atoms with Crippen LogP contribution in [-0.2, 0) is 9.30 Å². The zero-order valence-corrected chi connectivity index (χ0v) is 4.52. The Morgan fingerprint density at radius 3 is 3.14 bits per heavy atom. The Morgan fingerprint density at radius 2 is 2.86 bits per heavy atom. The van der Waals surface area contributed by atoms with Crippen molar-refractivity contribution >= 4 is 7.80 Å². The first-order chi connectivity index (χ1) is 3.36. The summed E-state index contributed by atoms with van der Waals surface area (Å²) in [6.07, 6.45) is 1.01. The fourth-order valence-corrected chi connectivity index (χ4v) is 1.93. The van der Waals surface area contributed by atoms with Gasteiger partial charge in [0.05, 0.1) is 0 Å². The Balaban J connectivity index is 2.38. The van der Waals surface area contributed by atoms with Crippen LogP contribution < -0.4 is 0 Å². The molecule has 0 bridgehead atoms. The van der Waals surface area contributed by atoms with Crippen LogP contribution in [0.4, 0.5) is 0 Å². The van der Waals surface area contributed by atoms with Crippen molar-refractivity contribution in [2.45, 2.75) is 6.10 Å². The van der Waals surface area contributed by atoms with Crippen LogP contribution >= 0.6 is 7.80 Å². The zero-order chi connectivity index (χ0) is 4.85. The van der Waals surface area contributed by atoms with Gasteiger partial charge in [-0.2, -0.15) is 0 Å². The summed E-state index contributed by atoms with van der Waals surface area (Å²) in [6.45, 7) is 0. The van der Waals surface area contributed by atoms with E-state index in [1.807, 2.05) is 0 Å². The fraction of sp³-hybridized carbons (Fsp3) is 0.500. The molecule has 0 N–H and O–H groups in total. The van der Waals surface area contributed by atoms with Crippen molar-refractivity contribution in [3.63, 3.8) is 0 Å². The van der Waals surface area contributed by atoms with Gasteiger partial charge in [0.2, 0.25) is 6.10 Å². The average Bonchev–Trinajstić information content (AvgIpc) is 2.15. The van der Waals surface area contributed by atoms with Gasteiger partial charge in [0, 0.05) is 0 Å². The minimum absolute atomic E-state index is 0.267. The summed E-state index contributed by atoms with van der Waals surface area (Å²) >= 11 is 0. The average molecular weight is 115 g/mol. The van der Waals surface area contributed by atoms with E-state index >= 15 is 0 Å². The van der Waals surface area contributed by atoms with Crippen LogP contribution in [0.1, 0.15) is 0 Å². The van der Waals surface area contributed by atoms with E-state index in [0.29, 0.717) is 0 Å². The monoisotopic (exact) mass is 115 g/mol. The van der Waals surface area contributed by atoms with Crippen molar-refractivity contribution in [3.8, 4) is 0 Å². The molecule has 2 unspecified atom stereocenters. The summed E-state index contributed by atoms with van der Waals surface area (Å²) in [7, 11) is -0.992. The molecule has 2 aliphatic heterocycles. The van der Waals surface area contributed by atoms with Crippen molar-refractivity contribution in [3.05, 3.63) is 11.6 Å². The van der Waals surface area contributed by atoms with Gasteiger partial charge in [-0.25, -0.2) is 0 Å². The molecular weight excluding hydrogens is 111 g/mol. The number of fused-ring (bicyclic) bond motifs is 1. The van der Waals surface area contributed by atoms with Gasteiger partial charge < -0.3 is 4.74 Å². The van der Waals surface area contributed by atoms with Gasteiger partial charge in [0.15, 0.2) is 17.7 Å². The summed E-state index contributed by atoms with van der Waals surface area (Å²) in [5.41, 5.74) is 0. The molecule has 3 heteroatoms. The molecule has 0 radical (unpaired) electrons. The summed E-state index contributed by atoms with van der Waals surface area (Å²) in [6, 6.07) is 0. The molecule has 2 rings (SSSR count). The van der Waals surface area contributed by atoms with E-state index < -0.39 is 7.80 Å². The standard InChI is InChI=1S/C4H4O2P/c5-7-1-3-4(2-7)6-3/h1,4H,2H2/q+1. The molecule has 0 amide bonds. The van der Waals surface area contributed by atoms with Crippen molar-refractivity contribution in [2.24, 2.45) is 0 Å². The number of hydrogen-bond donors (Lipinski definition) is 0. The molecule has 0 aromatic rings. The van der Waals surface area contributed by atoms with E-state index in [4.69, 9.17) is 4.74 Å². The second-order valence-corrected chi connectivity index (χ2v) is 3.20. The topological polar surface area (TPSA) is 29.6 Å². The summed E-state index contributed by atoms with van der Waals surface area (Å²) < 4.78 is 15.4. The van der Waals surface area contributed by atoms with E-state index in [9.17, 15) is 4.57 Å². The Kier molecular flexibility index (Phi) is 0.463. The summed E-state index contributed by atoms with van der Waals surface area (Å²) in [5.74, 6) is 2.68. The second kappa shape index (κ2) is 0.896. The number of rotatable bonds is 0. The molecule has 0 aromatic heterocycles. The number of epoxide rings is 1. The normalized spacial score (nSPS) is 39.1. The van der Waals surface area contributed by atoms with Crippen molar-refractivity contribution in [1.82, 2.24) is 0 Å². The highest BCUT2D eigenvalue weighted by Crippen LogP contribution is 2.46. The fourth-order valence-electron chi connectivity index (χ4n) is 0.729. The molecule has 0 saturated carbocycles. The van der Waals surface area contributed by atoms with E-state index in [-0.39, 0.29) is 6.10 Å². The van der Waals surface area contributed by atoms with Crippen LogP contribution in [0, 0.1) is 0 Å². The Bertz CT molecular complexity index is 161. The zero-order valence-electron chi connectivity index (χ0n) is 3.63. The van der Waals surface area contributed by atoms with E-state index in [1.54, 1.807) is 5.82 Å². The quantitative estimate of drug-likeness (QED) is 0.349. The molecule has 7 heavy (non-hydrogen) atoms. The maximum Gasteiger partial charge on any atom is 0.377 e. The highest BCUT2D eigenvalue weighted by atomic mass is 31.1. The first kappa shape index (κ1) is 3.62. The van der Waals surface area contributed by atoms with Gasteiger partial charge in [-0.3, -0.25) is 0 Å². The number of ether oxygens (including phenoxy) is 1. The van der Waals surface area contributed by atoms with Crippen LogP contribution in [0.25, 0.3) is 0 Å². The lowest BCUT2D eigenvalue weighted by molar-refractivity contribution is 0.442. The van der Waals surface area contributed by atoms with Crippen LogP contribution in [0.5, 0.6) is 0 Å². The Labute approximate surface area is 42.0 Å². The van der Waals surface area contributed by atoms with Crippen LogP contribution in [0.2, 0.25) is 0 Å². The predicted octanol–water partition coefficient (Wildman–Crippen LogP) is 1.07. The maximum absolute atomic E-state index is 10.5. The SMILES string of the molecule is O=[P+]1C=C2OC2C1. The van der Waals surface area contributed by atoms with Crippen molar-refractivity contribution < 1.29 is 9.30 Å². The van der Waals surface area contributed by atoms with Crippen molar-refractivity contribution in [2.75, 3.05) is 6.16 Å². The third-order valence-electron chi connectivity index (χ3n) is 1.16. The first-order valence-electron chi connectivity index (χ1n) is 2.18. The first-order valence-corrected chi connectivity index (χ1v) is 3.70. The van der Waals surface area contributed by atoms with Gasteiger partial charge in [-0.1, -0.05) is 4.57 Å². The summed E-state index contributed by atoms with van der Waals surface area (Å²) in [4.78, 5) is 0. The third-order valence-corrected chi connectivity index (χ3v) is 2.39. The number of hydrogen-bond acceptors (Lipinski definition) is 2. The lowest BCUT2D eigenvalue weighted by Gasteiger charge is -1.66. The van der Waals surface area contributed by atoms with E-state index in [2.05, 4.69) is 0 Å². The molecular formula is C4H4O2P+. The van der Waals surface area contributed by atoms with Gasteiger partial charge in [-0.15, -0.1) is 0 Å². The molecule has 2 aliphatic rings. The van der Waals surface area contributed by atoms with Gasteiger partial charge in [0.25, 0.3) is 0 Å². The van der Waals surface area contributed by atoms with E-state index in [1.165, 1.54) is 0 Å². The molecule has 2 nitrogen and oxygen atoms in total. The lowest BCUT2D eigenvalue weighted by Crippen LogP contribution is -1.79. The molecule has 2 heterocycles. The third kappa shape index (κ3) is 0.402.